The molecular weight excluding hydrogens is 370 g/mol. The van der Waals surface area contributed by atoms with Crippen LogP contribution in [-0.4, -0.2) is 39.1 Å². The molecule has 0 aromatic heterocycles. The molecule has 6 nitrogen and oxygen atoms in total. The summed E-state index contributed by atoms with van der Waals surface area (Å²) < 4.78 is 15.6. The molecule has 2 aromatic carbocycles. The average molecular weight is 395 g/mol. The number of anilines is 1. The third-order valence-corrected chi connectivity index (χ3v) is 5.03. The number of ketones is 1. The second-order valence-electron chi connectivity index (χ2n) is 7.30. The highest BCUT2D eigenvalue weighted by Gasteiger charge is 2.38. The standard InChI is InChI=1S/C23H25NO5/c1-23(2)17-9-5-6-10-18(17)24(3)21(23)13-16(25)14-29-22(26)15-28-20-12-8-7-11-19(20)27-4/h5-13H,14-15H2,1-4H3. The molecule has 1 aliphatic rings. The zero-order chi connectivity index (χ0) is 21.0. The van der Waals surface area contributed by atoms with Crippen LogP contribution in [0.2, 0.25) is 0 Å². The van der Waals surface area contributed by atoms with E-state index < -0.39 is 5.97 Å². The molecular formula is C23H25NO5. The molecule has 0 saturated heterocycles. The number of carbonyl (C=O) groups is 2. The van der Waals surface area contributed by atoms with Crippen molar-refractivity contribution < 1.29 is 23.8 Å². The SMILES string of the molecule is COc1ccccc1OCC(=O)OCC(=O)C=C1N(C)c2ccccc2C1(C)C. The number of esters is 1. The fourth-order valence-corrected chi connectivity index (χ4v) is 3.52. The average Bonchev–Trinajstić information content (AvgIpc) is 2.92. The van der Waals surface area contributed by atoms with Crippen molar-refractivity contribution in [2.45, 2.75) is 19.3 Å². The Bertz CT molecular complexity index is 948. The van der Waals surface area contributed by atoms with Gasteiger partial charge in [-0.2, -0.15) is 0 Å². The minimum atomic E-state index is -0.620. The first-order valence-corrected chi connectivity index (χ1v) is 9.34. The summed E-state index contributed by atoms with van der Waals surface area (Å²) in [6.45, 7) is 3.50. The first-order chi connectivity index (χ1) is 13.8. The van der Waals surface area contributed by atoms with E-state index in [1.54, 1.807) is 30.3 Å². The van der Waals surface area contributed by atoms with Gasteiger partial charge in [0.05, 0.1) is 7.11 Å². The van der Waals surface area contributed by atoms with Crippen LogP contribution in [0, 0.1) is 0 Å². The van der Waals surface area contributed by atoms with Crippen molar-refractivity contribution >= 4 is 17.4 Å². The fraction of sp³-hybridized carbons (Fsp3) is 0.304. The van der Waals surface area contributed by atoms with Gasteiger partial charge in [0.25, 0.3) is 0 Å². The summed E-state index contributed by atoms with van der Waals surface area (Å²) >= 11 is 0. The van der Waals surface area contributed by atoms with E-state index in [0.717, 1.165) is 16.9 Å². The molecule has 1 heterocycles. The fourth-order valence-electron chi connectivity index (χ4n) is 3.52. The monoisotopic (exact) mass is 395 g/mol. The number of hydrogen-bond donors (Lipinski definition) is 0. The molecule has 0 bridgehead atoms. The van der Waals surface area contributed by atoms with Crippen LogP contribution in [0.15, 0.2) is 60.3 Å². The van der Waals surface area contributed by atoms with Gasteiger partial charge in [0.2, 0.25) is 0 Å². The number of carbonyl (C=O) groups excluding carboxylic acids is 2. The Morgan fingerprint density at radius 2 is 1.66 bits per heavy atom. The summed E-state index contributed by atoms with van der Waals surface area (Å²) in [6, 6.07) is 15.0. The molecule has 29 heavy (non-hydrogen) atoms. The summed E-state index contributed by atoms with van der Waals surface area (Å²) in [5.74, 6) is 0.0584. The number of likely N-dealkylation sites (N-methyl/N-ethyl adjacent to an activating group) is 1. The Morgan fingerprint density at radius 3 is 2.34 bits per heavy atom. The molecule has 0 atom stereocenters. The molecule has 0 amide bonds. The summed E-state index contributed by atoms with van der Waals surface area (Å²) in [7, 11) is 3.45. The van der Waals surface area contributed by atoms with Crippen LogP contribution in [0.3, 0.4) is 0 Å². The second-order valence-corrected chi connectivity index (χ2v) is 7.30. The zero-order valence-electron chi connectivity index (χ0n) is 17.1. The van der Waals surface area contributed by atoms with E-state index in [4.69, 9.17) is 14.2 Å². The quantitative estimate of drug-likeness (QED) is 0.528. The molecule has 0 fully saturated rings. The number of methoxy groups -OCH3 is 1. The Hall–Kier alpha value is -3.28. The molecule has 2 aromatic rings. The predicted molar refractivity (Wildman–Crippen MR) is 110 cm³/mol. The van der Waals surface area contributed by atoms with Gasteiger partial charge in [0.1, 0.15) is 0 Å². The van der Waals surface area contributed by atoms with Crippen molar-refractivity contribution in [3.05, 3.63) is 65.9 Å². The molecule has 152 valence electrons. The van der Waals surface area contributed by atoms with Gasteiger partial charge in [-0.15, -0.1) is 0 Å². The van der Waals surface area contributed by atoms with Crippen molar-refractivity contribution in [1.29, 1.82) is 0 Å². The van der Waals surface area contributed by atoms with Crippen LogP contribution in [0.4, 0.5) is 5.69 Å². The molecule has 3 rings (SSSR count). The molecule has 0 spiro atoms. The van der Waals surface area contributed by atoms with Crippen LogP contribution in [0.5, 0.6) is 11.5 Å². The molecule has 0 aliphatic carbocycles. The Balaban J connectivity index is 1.58. The summed E-state index contributed by atoms with van der Waals surface area (Å²) in [4.78, 5) is 26.4. The van der Waals surface area contributed by atoms with Crippen molar-refractivity contribution in [3.8, 4) is 11.5 Å². The van der Waals surface area contributed by atoms with E-state index in [1.807, 2.05) is 30.1 Å². The van der Waals surface area contributed by atoms with Crippen LogP contribution in [0.25, 0.3) is 0 Å². The molecule has 1 aliphatic heterocycles. The highest BCUT2D eigenvalue weighted by Crippen LogP contribution is 2.46. The number of hydrogen-bond acceptors (Lipinski definition) is 6. The lowest BCUT2D eigenvalue weighted by atomic mass is 9.83. The van der Waals surface area contributed by atoms with Gasteiger partial charge in [-0.05, 0) is 23.8 Å². The normalized spacial score (nSPS) is 15.7. The van der Waals surface area contributed by atoms with Gasteiger partial charge in [-0.1, -0.05) is 44.2 Å². The Labute approximate surface area is 170 Å². The van der Waals surface area contributed by atoms with Crippen molar-refractivity contribution in [3.63, 3.8) is 0 Å². The van der Waals surface area contributed by atoms with Crippen LogP contribution >= 0.6 is 0 Å². The zero-order valence-corrected chi connectivity index (χ0v) is 17.1. The molecule has 0 N–H and O–H groups in total. The van der Waals surface area contributed by atoms with Crippen molar-refractivity contribution in [2.24, 2.45) is 0 Å². The smallest absolute Gasteiger partial charge is 0.344 e. The summed E-state index contributed by atoms with van der Waals surface area (Å²) in [6.07, 6.45) is 1.55. The number of nitrogens with zero attached hydrogens (tertiary/aromatic N) is 1. The van der Waals surface area contributed by atoms with Crippen LogP contribution in [0.1, 0.15) is 19.4 Å². The lowest BCUT2D eigenvalue weighted by Gasteiger charge is -2.23. The van der Waals surface area contributed by atoms with E-state index in [1.165, 1.54) is 7.11 Å². The largest absolute Gasteiger partial charge is 0.493 e. The van der Waals surface area contributed by atoms with Gasteiger partial charge in [0, 0.05) is 29.9 Å². The van der Waals surface area contributed by atoms with Gasteiger partial charge < -0.3 is 19.1 Å². The topological polar surface area (TPSA) is 65.1 Å². The van der Waals surface area contributed by atoms with Crippen molar-refractivity contribution in [1.82, 2.24) is 0 Å². The number of ether oxygens (including phenoxy) is 3. The van der Waals surface area contributed by atoms with E-state index in [2.05, 4.69) is 19.9 Å². The van der Waals surface area contributed by atoms with E-state index in [-0.39, 0.29) is 24.4 Å². The Kier molecular flexibility index (Phi) is 5.92. The number of para-hydroxylation sites is 3. The van der Waals surface area contributed by atoms with Crippen LogP contribution < -0.4 is 14.4 Å². The van der Waals surface area contributed by atoms with E-state index >= 15 is 0 Å². The summed E-state index contributed by atoms with van der Waals surface area (Å²) in [5.41, 5.74) is 2.78. The van der Waals surface area contributed by atoms with E-state index in [0.29, 0.717) is 11.5 Å². The lowest BCUT2D eigenvalue weighted by Crippen LogP contribution is -2.25. The molecule has 6 heteroatoms. The summed E-state index contributed by atoms with van der Waals surface area (Å²) in [5, 5.41) is 0. The highest BCUT2D eigenvalue weighted by molar-refractivity contribution is 5.94. The predicted octanol–water partition coefficient (Wildman–Crippen LogP) is 3.50. The van der Waals surface area contributed by atoms with Crippen molar-refractivity contribution in [2.75, 3.05) is 32.3 Å². The van der Waals surface area contributed by atoms with Gasteiger partial charge in [-0.25, -0.2) is 4.79 Å². The third-order valence-electron chi connectivity index (χ3n) is 5.03. The second kappa shape index (κ2) is 8.39. The maximum Gasteiger partial charge on any atom is 0.344 e. The maximum absolute atomic E-state index is 12.4. The Morgan fingerprint density at radius 1 is 1.00 bits per heavy atom. The molecule has 0 radical (unpaired) electrons. The first kappa shape index (κ1) is 20.5. The van der Waals surface area contributed by atoms with E-state index in [9.17, 15) is 9.59 Å². The molecule has 0 saturated carbocycles. The van der Waals surface area contributed by atoms with Gasteiger partial charge >= 0.3 is 5.97 Å². The van der Waals surface area contributed by atoms with Crippen LogP contribution in [-0.2, 0) is 19.7 Å². The minimum Gasteiger partial charge on any atom is -0.493 e. The number of fused-ring (bicyclic) bond motifs is 1. The van der Waals surface area contributed by atoms with Gasteiger partial charge in [-0.3, -0.25) is 4.79 Å². The molecule has 0 unspecified atom stereocenters. The lowest BCUT2D eigenvalue weighted by molar-refractivity contribution is -0.149. The minimum absolute atomic E-state index is 0.279. The number of allylic oxidation sites excluding steroid dienone is 1. The van der Waals surface area contributed by atoms with Gasteiger partial charge in [0.15, 0.2) is 30.5 Å². The highest BCUT2D eigenvalue weighted by atomic mass is 16.6. The number of benzene rings is 2. The third kappa shape index (κ3) is 4.26. The number of rotatable bonds is 7. The maximum atomic E-state index is 12.4. The first-order valence-electron chi connectivity index (χ1n) is 9.34.